The molecule has 1 aromatic rings. The molecule has 1 aromatic carbocycles. The lowest BCUT2D eigenvalue weighted by atomic mass is 10.1. The third-order valence-corrected chi connectivity index (χ3v) is 5.77. The summed E-state index contributed by atoms with van der Waals surface area (Å²) in [6.07, 6.45) is -0.268. The number of nitrogens with zero attached hydrogens (tertiary/aromatic N) is 2. The van der Waals surface area contributed by atoms with Crippen molar-refractivity contribution in [2.24, 2.45) is 5.16 Å². The predicted molar refractivity (Wildman–Crippen MR) is 78.0 cm³/mol. The van der Waals surface area contributed by atoms with Crippen LogP contribution in [0.3, 0.4) is 0 Å². The first kappa shape index (κ1) is 16.8. The summed E-state index contributed by atoms with van der Waals surface area (Å²) in [5, 5.41) is 19.6. The molecule has 4 nitrogen and oxygen atoms in total. The van der Waals surface area contributed by atoms with Gasteiger partial charge >= 0.3 is 0 Å². The maximum absolute atomic E-state index is 9.06. The van der Waals surface area contributed by atoms with Gasteiger partial charge in [-0.2, -0.15) is 5.26 Å². The molecular formula is C12H17N2O2PS. The Hall–Kier alpha value is -1.21. The lowest BCUT2D eigenvalue weighted by Crippen LogP contribution is -1.95. The van der Waals surface area contributed by atoms with Gasteiger partial charge in [0, 0.05) is 5.56 Å². The summed E-state index contributed by atoms with van der Waals surface area (Å²) >= 11 is 4.81. The van der Waals surface area contributed by atoms with Crippen LogP contribution < -0.4 is 0 Å². The zero-order valence-electron chi connectivity index (χ0n) is 10.4. The van der Waals surface area contributed by atoms with Crippen LogP contribution in [0.2, 0.25) is 0 Å². The van der Waals surface area contributed by atoms with E-state index in [4.69, 9.17) is 27.2 Å². The summed E-state index contributed by atoms with van der Waals surface area (Å²) in [4.78, 5) is 9.06. The predicted octanol–water partition coefficient (Wildman–Crippen LogP) is 2.80. The molecule has 0 aliphatic heterocycles. The van der Waals surface area contributed by atoms with Crippen LogP contribution >= 0.6 is 6.26 Å². The van der Waals surface area contributed by atoms with Crippen LogP contribution in [0.25, 0.3) is 0 Å². The fraction of sp³-hybridized carbons (Fsp3) is 0.333. The monoisotopic (exact) mass is 284 g/mol. The molecule has 0 spiro atoms. The first-order valence-corrected chi connectivity index (χ1v) is 8.61. The van der Waals surface area contributed by atoms with Crippen molar-refractivity contribution in [3.63, 3.8) is 0 Å². The first-order valence-electron chi connectivity index (χ1n) is 5.49. The summed E-state index contributed by atoms with van der Waals surface area (Å²) in [5.41, 5.74) is 0.656. The van der Waals surface area contributed by atoms with Crippen LogP contribution in [0.15, 0.2) is 35.5 Å². The number of nitriles is 1. The van der Waals surface area contributed by atoms with Gasteiger partial charge in [0.25, 0.3) is 0 Å². The second-order valence-corrected chi connectivity index (χ2v) is 8.40. The maximum Gasteiger partial charge on any atom is 0.186 e. The third kappa shape index (κ3) is 6.51. The molecule has 0 radical (unpaired) electrons. The van der Waals surface area contributed by atoms with Gasteiger partial charge in [-0.15, -0.1) is 0 Å². The molecule has 6 heteroatoms. The SMILES string of the molecule is CCP(O)(=S)CC.N#CC(=NO)c1ccccc1. The van der Waals surface area contributed by atoms with E-state index >= 15 is 0 Å². The number of hydrogen-bond donors (Lipinski definition) is 2. The molecule has 98 valence electrons. The highest BCUT2D eigenvalue weighted by Gasteiger charge is 2.02. The Morgan fingerprint density at radius 1 is 1.33 bits per heavy atom. The van der Waals surface area contributed by atoms with Crippen molar-refractivity contribution in [3.8, 4) is 6.07 Å². The van der Waals surface area contributed by atoms with Crippen molar-refractivity contribution in [1.82, 2.24) is 0 Å². The number of oxime groups is 1. The molecule has 0 aliphatic carbocycles. The van der Waals surface area contributed by atoms with Crippen molar-refractivity contribution in [2.45, 2.75) is 13.8 Å². The topological polar surface area (TPSA) is 76.6 Å². The summed E-state index contributed by atoms with van der Waals surface area (Å²) in [7, 11) is 0. The van der Waals surface area contributed by atoms with Crippen molar-refractivity contribution in [1.29, 1.82) is 5.26 Å². The minimum Gasteiger partial charge on any atom is -0.410 e. The number of benzene rings is 1. The summed E-state index contributed by atoms with van der Waals surface area (Å²) in [6, 6.07) is 10.6. The van der Waals surface area contributed by atoms with Gasteiger partial charge in [-0.1, -0.05) is 61.1 Å². The van der Waals surface area contributed by atoms with Gasteiger partial charge < -0.3 is 10.1 Å². The molecule has 2 N–H and O–H groups in total. The molecular weight excluding hydrogens is 267 g/mol. The molecule has 0 unspecified atom stereocenters. The van der Waals surface area contributed by atoms with E-state index in [1.165, 1.54) is 0 Å². The highest BCUT2D eigenvalue weighted by atomic mass is 32.4. The highest BCUT2D eigenvalue weighted by Crippen LogP contribution is 2.38. The zero-order chi connectivity index (χ0) is 14.0. The van der Waals surface area contributed by atoms with Crippen molar-refractivity contribution in [2.75, 3.05) is 12.3 Å². The zero-order valence-corrected chi connectivity index (χ0v) is 12.2. The van der Waals surface area contributed by atoms with E-state index in [2.05, 4.69) is 5.16 Å². The van der Waals surface area contributed by atoms with Gasteiger partial charge in [0.1, 0.15) is 6.07 Å². The number of hydrogen-bond acceptors (Lipinski definition) is 4. The second-order valence-electron chi connectivity index (χ2n) is 3.41. The third-order valence-electron chi connectivity index (χ3n) is 2.24. The van der Waals surface area contributed by atoms with Crippen molar-refractivity contribution >= 4 is 23.8 Å². The van der Waals surface area contributed by atoms with Gasteiger partial charge in [-0.3, -0.25) is 0 Å². The quantitative estimate of drug-likeness (QED) is 0.387. The molecule has 1 rings (SSSR count). The van der Waals surface area contributed by atoms with E-state index in [1.807, 2.05) is 19.9 Å². The van der Waals surface area contributed by atoms with Crippen molar-refractivity contribution in [3.05, 3.63) is 35.9 Å². The lowest BCUT2D eigenvalue weighted by Gasteiger charge is -2.06. The lowest BCUT2D eigenvalue weighted by molar-refractivity contribution is 0.320. The van der Waals surface area contributed by atoms with E-state index in [0.29, 0.717) is 5.56 Å². The molecule has 0 aromatic heterocycles. The van der Waals surface area contributed by atoms with E-state index in [9.17, 15) is 0 Å². The van der Waals surface area contributed by atoms with Crippen LogP contribution in [0, 0.1) is 11.3 Å². The van der Waals surface area contributed by atoms with Crippen LogP contribution in [-0.2, 0) is 11.8 Å². The molecule has 0 saturated heterocycles. The Balaban J connectivity index is 0.000000360. The average molecular weight is 284 g/mol. The Morgan fingerprint density at radius 3 is 2.11 bits per heavy atom. The molecule has 0 heterocycles. The standard InChI is InChI=1S/C8H6N2O.C4H11OPS/c9-6-8(10-11)7-4-2-1-3-5-7;1-3-6(5,7)4-2/h1-5,11H;3-4H2,1-2H3,(H,5,7). The molecule has 0 aliphatic rings. The summed E-state index contributed by atoms with van der Waals surface area (Å²) in [5.74, 6) is 0. The van der Waals surface area contributed by atoms with E-state index < -0.39 is 6.26 Å². The summed E-state index contributed by atoms with van der Waals surface area (Å²) in [6.45, 7) is 3.87. The molecule has 0 atom stereocenters. The van der Waals surface area contributed by atoms with Crippen LogP contribution in [-0.4, -0.2) is 28.1 Å². The van der Waals surface area contributed by atoms with Crippen LogP contribution in [0.4, 0.5) is 0 Å². The Morgan fingerprint density at radius 2 is 1.83 bits per heavy atom. The van der Waals surface area contributed by atoms with Crippen LogP contribution in [0.5, 0.6) is 0 Å². The minimum absolute atomic E-state index is 0.0330. The molecule has 0 saturated carbocycles. The molecule has 18 heavy (non-hydrogen) atoms. The van der Waals surface area contributed by atoms with E-state index in [0.717, 1.165) is 12.3 Å². The van der Waals surface area contributed by atoms with Gasteiger partial charge in [0.2, 0.25) is 0 Å². The van der Waals surface area contributed by atoms with Crippen molar-refractivity contribution < 1.29 is 10.1 Å². The second kappa shape index (κ2) is 8.82. The summed E-state index contributed by atoms with van der Waals surface area (Å²) < 4.78 is 0. The van der Waals surface area contributed by atoms with E-state index in [-0.39, 0.29) is 5.71 Å². The largest absolute Gasteiger partial charge is 0.410 e. The van der Waals surface area contributed by atoms with Gasteiger partial charge in [0.05, 0.1) is 6.26 Å². The highest BCUT2D eigenvalue weighted by molar-refractivity contribution is 8.11. The van der Waals surface area contributed by atoms with Crippen LogP contribution in [0.1, 0.15) is 19.4 Å². The fourth-order valence-electron chi connectivity index (χ4n) is 0.964. The Kier molecular flexibility index (Phi) is 8.23. The molecule has 0 fully saturated rings. The average Bonchev–Trinajstić information content (AvgIpc) is 2.42. The molecule has 0 amide bonds. The minimum atomic E-state index is -1.82. The van der Waals surface area contributed by atoms with Gasteiger partial charge in [0.15, 0.2) is 5.71 Å². The Labute approximate surface area is 113 Å². The maximum atomic E-state index is 9.06. The first-order chi connectivity index (χ1) is 8.50. The van der Waals surface area contributed by atoms with E-state index in [1.54, 1.807) is 30.3 Å². The smallest absolute Gasteiger partial charge is 0.186 e. The van der Waals surface area contributed by atoms with Gasteiger partial charge in [-0.25, -0.2) is 0 Å². The van der Waals surface area contributed by atoms with Gasteiger partial charge in [-0.05, 0) is 12.3 Å². The fourth-order valence-corrected chi connectivity index (χ4v) is 1.41. The normalized spacial score (nSPS) is 11.1. The number of rotatable bonds is 3. The Bertz CT molecular complexity index is 461. The molecule has 0 bridgehead atoms.